The van der Waals surface area contributed by atoms with E-state index in [-0.39, 0.29) is 11.8 Å². The Labute approximate surface area is 127 Å². The van der Waals surface area contributed by atoms with Gasteiger partial charge in [-0.25, -0.2) is 0 Å². The van der Waals surface area contributed by atoms with Gasteiger partial charge in [0.15, 0.2) is 0 Å². The summed E-state index contributed by atoms with van der Waals surface area (Å²) in [6, 6.07) is 9.66. The zero-order valence-corrected chi connectivity index (χ0v) is 12.6. The monoisotopic (exact) mass is 300 g/mol. The number of nitrogens with zero attached hydrogens (tertiary/aromatic N) is 1. The molecule has 2 amide bonds. The van der Waals surface area contributed by atoms with Crippen LogP contribution in [0.15, 0.2) is 35.7 Å². The van der Waals surface area contributed by atoms with E-state index in [0.717, 1.165) is 28.2 Å². The Morgan fingerprint density at radius 3 is 2.86 bits per heavy atom. The fourth-order valence-electron chi connectivity index (χ4n) is 2.64. The molecule has 21 heavy (non-hydrogen) atoms. The van der Waals surface area contributed by atoms with Gasteiger partial charge >= 0.3 is 0 Å². The maximum atomic E-state index is 12.1. The molecule has 108 valence electrons. The lowest BCUT2D eigenvalue weighted by Crippen LogP contribution is -2.27. The zero-order valence-electron chi connectivity index (χ0n) is 11.8. The molecule has 0 aliphatic carbocycles. The number of anilines is 2. The van der Waals surface area contributed by atoms with E-state index < -0.39 is 0 Å². The Bertz CT molecular complexity index is 680. The van der Waals surface area contributed by atoms with Crippen LogP contribution < -0.4 is 10.2 Å². The number of thiophene rings is 1. The second-order valence-corrected chi connectivity index (χ2v) is 6.07. The molecule has 0 unspecified atom stereocenters. The number of carbonyl (C=O) groups excluding carboxylic acids is 2. The van der Waals surface area contributed by atoms with Crippen molar-refractivity contribution in [3.8, 4) is 0 Å². The van der Waals surface area contributed by atoms with Gasteiger partial charge in [-0.2, -0.15) is 0 Å². The van der Waals surface area contributed by atoms with Gasteiger partial charge in [0.2, 0.25) is 11.8 Å². The molecule has 0 fully saturated rings. The van der Waals surface area contributed by atoms with Crippen LogP contribution in [-0.2, 0) is 22.4 Å². The fourth-order valence-corrected chi connectivity index (χ4v) is 3.34. The lowest BCUT2D eigenvalue weighted by Gasteiger charge is -2.19. The summed E-state index contributed by atoms with van der Waals surface area (Å²) in [5.41, 5.74) is 2.69. The smallest absolute Gasteiger partial charge is 0.229 e. The minimum absolute atomic E-state index is 0.00806. The first-order valence-corrected chi connectivity index (χ1v) is 7.75. The molecule has 0 spiro atoms. The first-order chi connectivity index (χ1) is 10.1. The highest BCUT2D eigenvalue weighted by molar-refractivity contribution is 7.10. The molecule has 0 atom stereocenters. The summed E-state index contributed by atoms with van der Waals surface area (Å²) >= 11 is 1.57. The Kier molecular flexibility index (Phi) is 3.75. The van der Waals surface area contributed by atoms with Crippen molar-refractivity contribution in [2.24, 2.45) is 0 Å². The second-order valence-electron chi connectivity index (χ2n) is 5.04. The summed E-state index contributed by atoms with van der Waals surface area (Å²) in [5, 5.41) is 4.90. The van der Waals surface area contributed by atoms with Crippen LogP contribution in [0.5, 0.6) is 0 Å². The van der Waals surface area contributed by atoms with Crippen molar-refractivity contribution >= 4 is 34.5 Å². The summed E-state index contributed by atoms with van der Waals surface area (Å²) < 4.78 is 0. The fraction of sp³-hybridized carbons (Fsp3) is 0.250. The summed E-state index contributed by atoms with van der Waals surface area (Å²) in [7, 11) is 0. The molecule has 2 heterocycles. The largest absolute Gasteiger partial charge is 0.324 e. The van der Waals surface area contributed by atoms with E-state index in [9.17, 15) is 9.59 Å². The maximum absolute atomic E-state index is 12.1. The van der Waals surface area contributed by atoms with Gasteiger partial charge in [-0.15, -0.1) is 11.3 Å². The number of amides is 2. The summed E-state index contributed by atoms with van der Waals surface area (Å²) in [5.74, 6) is -0.0463. The van der Waals surface area contributed by atoms with Crippen molar-refractivity contribution in [2.45, 2.75) is 19.8 Å². The van der Waals surface area contributed by atoms with Gasteiger partial charge in [0.1, 0.15) is 0 Å². The van der Waals surface area contributed by atoms with Crippen LogP contribution in [0.4, 0.5) is 11.4 Å². The number of hydrogen-bond donors (Lipinski definition) is 1. The molecule has 1 N–H and O–H groups in total. The van der Waals surface area contributed by atoms with E-state index in [1.807, 2.05) is 35.7 Å². The molecular weight excluding hydrogens is 284 g/mol. The molecule has 1 aromatic carbocycles. The van der Waals surface area contributed by atoms with Crippen LogP contribution in [-0.4, -0.2) is 18.4 Å². The molecule has 3 rings (SSSR count). The SMILES string of the molecule is CC(=O)N1CCc2cccc(NC(=O)Cc3cccs3)c21. The van der Waals surface area contributed by atoms with Crippen LogP contribution >= 0.6 is 11.3 Å². The molecule has 0 saturated heterocycles. The molecule has 0 saturated carbocycles. The van der Waals surface area contributed by atoms with Crippen molar-refractivity contribution in [3.05, 3.63) is 46.2 Å². The van der Waals surface area contributed by atoms with Crippen molar-refractivity contribution in [1.29, 1.82) is 0 Å². The third-order valence-corrected chi connectivity index (χ3v) is 4.44. The highest BCUT2D eigenvalue weighted by atomic mass is 32.1. The molecule has 5 heteroatoms. The number of para-hydroxylation sites is 1. The lowest BCUT2D eigenvalue weighted by atomic mass is 10.1. The van der Waals surface area contributed by atoms with E-state index in [1.54, 1.807) is 23.2 Å². The molecule has 1 aromatic heterocycles. The Hall–Kier alpha value is -2.14. The first kappa shape index (κ1) is 13.8. The van der Waals surface area contributed by atoms with Crippen molar-refractivity contribution in [1.82, 2.24) is 0 Å². The third kappa shape index (κ3) is 2.83. The van der Waals surface area contributed by atoms with E-state index in [4.69, 9.17) is 0 Å². The molecule has 0 radical (unpaired) electrons. The van der Waals surface area contributed by atoms with Gasteiger partial charge in [-0.1, -0.05) is 18.2 Å². The molecular formula is C16H16N2O2S. The number of carbonyl (C=O) groups is 2. The molecule has 2 aromatic rings. The standard InChI is InChI=1S/C16H16N2O2S/c1-11(19)18-8-7-12-4-2-6-14(16(12)18)17-15(20)10-13-5-3-9-21-13/h2-6,9H,7-8,10H2,1H3,(H,17,20). The predicted octanol–water partition coefficient (Wildman–Crippen LogP) is 2.84. The molecule has 4 nitrogen and oxygen atoms in total. The second kappa shape index (κ2) is 5.69. The van der Waals surface area contributed by atoms with Crippen molar-refractivity contribution in [3.63, 3.8) is 0 Å². The van der Waals surface area contributed by atoms with Gasteiger partial charge in [-0.3, -0.25) is 9.59 Å². The van der Waals surface area contributed by atoms with Crippen molar-refractivity contribution < 1.29 is 9.59 Å². The highest BCUT2D eigenvalue weighted by Gasteiger charge is 2.25. The van der Waals surface area contributed by atoms with Crippen LogP contribution in [0.2, 0.25) is 0 Å². The molecule has 1 aliphatic heterocycles. The molecule has 1 aliphatic rings. The van der Waals surface area contributed by atoms with Gasteiger partial charge in [-0.05, 0) is 29.5 Å². The van der Waals surface area contributed by atoms with Crippen molar-refractivity contribution in [2.75, 3.05) is 16.8 Å². The zero-order chi connectivity index (χ0) is 14.8. The van der Waals surface area contributed by atoms with Crippen LogP contribution in [0, 0.1) is 0 Å². The number of hydrogen-bond acceptors (Lipinski definition) is 3. The third-order valence-electron chi connectivity index (χ3n) is 3.56. The Balaban J connectivity index is 1.82. The van der Waals surface area contributed by atoms with Crippen LogP contribution in [0.1, 0.15) is 17.4 Å². The topological polar surface area (TPSA) is 49.4 Å². The van der Waals surface area contributed by atoms with E-state index in [1.165, 1.54) is 0 Å². The number of nitrogens with one attached hydrogen (secondary N) is 1. The average molecular weight is 300 g/mol. The first-order valence-electron chi connectivity index (χ1n) is 6.87. The quantitative estimate of drug-likeness (QED) is 0.947. The number of rotatable bonds is 3. The highest BCUT2D eigenvalue weighted by Crippen LogP contribution is 2.35. The van der Waals surface area contributed by atoms with Crippen LogP contribution in [0.3, 0.4) is 0 Å². The normalized spacial score (nSPS) is 13.1. The van der Waals surface area contributed by atoms with Gasteiger partial charge < -0.3 is 10.2 Å². The summed E-state index contributed by atoms with van der Waals surface area (Å²) in [6.07, 6.45) is 1.20. The number of benzene rings is 1. The summed E-state index contributed by atoms with van der Waals surface area (Å²) in [4.78, 5) is 26.6. The van der Waals surface area contributed by atoms with Gasteiger partial charge in [0.25, 0.3) is 0 Å². The lowest BCUT2D eigenvalue weighted by molar-refractivity contribution is -0.117. The van der Waals surface area contributed by atoms with E-state index >= 15 is 0 Å². The maximum Gasteiger partial charge on any atom is 0.229 e. The number of fused-ring (bicyclic) bond motifs is 1. The Morgan fingerprint density at radius 2 is 2.14 bits per heavy atom. The minimum atomic E-state index is -0.0544. The molecule has 0 bridgehead atoms. The van der Waals surface area contributed by atoms with Crippen LogP contribution in [0.25, 0.3) is 0 Å². The van der Waals surface area contributed by atoms with Gasteiger partial charge in [0.05, 0.1) is 17.8 Å². The summed E-state index contributed by atoms with van der Waals surface area (Å²) in [6.45, 7) is 2.24. The Morgan fingerprint density at radius 1 is 1.29 bits per heavy atom. The van der Waals surface area contributed by atoms with Gasteiger partial charge in [0, 0.05) is 18.3 Å². The minimum Gasteiger partial charge on any atom is -0.324 e. The predicted molar refractivity (Wildman–Crippen MR) is 84.8 cm³/mol. The van der Waals surface area contributed by atoms with E-state index in [2.05, 4.69) is 5.32 Å². The van der Waals surface area contributed by atoms with E-state index in [0.29, 0.717) is 13.0 Å². The average Bonchev–Trinajstić information content (AvgIpc) is 3.07.